The minimum atomic E-state index is -0.586. The molecule has 0 saturated heterocycles. The molecule has 0 spiro atoms. The molecule has 2 nitrogen and oxygen atoms in total. The Kier molecular flexibility index (Phi) is 7.63. The Morgan fingerprint density at radius 2 is 1.67 bits per heavy atom. The van der Waals surface area contributed by atoms with E-state index in [4.69, 9.17) is 0 Å². The molecular weight excluding hydrogens is 330 g/mol. The third-order valence-corrected chi connectivity index (χ3v) is 4.68. The van der Waals surface area contributed by atoms with Crippen LogP contribution in [0.3, 0.4) is 0 Å². The van der Waals surface area contributed by atoms with E-state index in [9.17, 15) is 5.11 Å². The van der Waals surface area contributed by atoms with Crippen molar-refractivity contribution in [2.24, 2.45) is 0 Å². The van der Waals surface area contributed by atoms with Gasteiger partial charge in [0.1, 0.15) is 0 Å². The van der Waals surface area contributed by atoms with Gasteiger partial charge in [-0.25, -0.2) is 0 Å². The van der Waals surface area contributed by atoms with E-state index in [1.165, 1.54) is 5.56 Å². The lowest BCUT2D eigenvalue weighted by molar-refractivity contribution is 0.151. The minimum Gasteiger partial charge on any atom is -0.385 e. The SMILES string of the molecule is C=C/C=C(\C=C)CN(Cc1ccccc1)c1ccc(C2(O)CC2)cc1.CC. The Labute approximate surface area is 164 Å². The molecule has 1 N–H and O–H groups in total. The molecule has 2 heteroatoms. The van der Waals surface area contributed by atoms with Gasteiger partial charge in [0, 0.05) is 18.8 Å². The molecule has 0 atom stereocenters. The van der Waals surface area contributed by atoms with Crippen molar-refractivity contribution in [3.63, 3.8) is 0 Å². The topological polar surface area (TPSA) is 23.5 Å². The molecular formula is C25H31NO. The molecule has 0 radical (unpaired) electrons. The maximum absolute atomic E-state index is 10.3. The van der Waals surface area contributed by atoms with Crippen LogP contribution in [-0.2, 0) is 12.1 Å². The molecule has 0 aromatic heterocycles. The van der Waals surface area contributed by atoms with Crippen molar-refractivity contribution < 1.29 is 5.11 Å². The second kappa shape index (κ2) is 9.94. The molecule has 142 valence electrons. The van der Waals surface area contributed by atoms with Crippen molar-refractivity contribution in [1.82, 2.24) is 0 Å². The number of allylic oxidation sites excluding steroid dienone is 2. The average molecular weight is 362 g/mol. The molecule has 2 aromatic rings. The highest BCUT2D eigenvalue weighted by molar-refractivity contribution is 5.51. The van der Waals surface area contributed by atoms with Crippen LogP contribution in [0.25, 0.3) is 0 Å². The van der Waals surface area contributed by atoms with Crippen molar-refractivity contribution >= 4 is 5.69 Å². The van der Waals surface area contributed by atoms with Gasteiger partial charge < -0.3 is 10.0 Å². The van der Waals surface area contributed by atoms with E-state index < -0.39 is 5.60 Å². The first kappa shape index (κ1) is 20.7. The lowest BCUT2D eigenvalue weighted by atomic mass is 10.1. The molecule has 1 fully saturated rings. The molecule has 0 aliphatic heterocycles. The molecule has 1 saturated carbocycles. The van der Waals surface area contributed by atoms with Gasteiger partial charge in [0.25, 0.3) is 0 Å². The molecule has 27 heavy (non-hydrogen) atoms. The van der Waals surface area contributed by atoms with Crippen molar-refractivity contribution in [1.29, 1.82) is 0 Å². The summed E-state index contributed by atoms with van der Waals surface area (Å²) in [5.41, 5.74) is 3.94. The molecule has 3 rings (SSSR count). The van der Waals surface area contributed by atoms with E-state index >= 15 is 0 Å². The predicted molar refractivity (Wildman–Crippen MR) is 117 cm³/mol. The van der Waals surface area contributed by atoms with E-state index in [1.54, 1.807) is 6.08 Å². The summed E-state index contributed by atoms with van der Waals surface area (Å²) in [7, 11) is 0. The van der Waals surface area contributed by atoms with E-state index in [1.807, 2.05) is 44.2 Å². The third-order valence-electron chi connectivity index (χ3n) is 4.68. The molecule has 1 aliphatic carbocycles. The van der Waals surface area contributed by atoms with Crippen LogP contribution in [0.1, 0.15) is 37.8 Å². The molecule has 2 aromatic carbocycles. The Bertz CT molecular complexity index is 755. The van der Waals surface area contributed by atoms with Crippen LogP contribution in [-0.4, -0.2) is 11.7 Å². The van der Waals surface area contributed by atoms with Gasteiger partial charge in [0.05, 0.1) is 5.60 Å². The molecule has 0 unspecified atom stereocenters. The van der Waals surface area contributed by atoms with Crippen LogP contribution >= 0.6 is 0 Å². The monoisotopic (exact) mass is 361 g/mol. The number of hydrogen-bond donors (Lipinski definition) is 1. The molecule has 0 heterocycles. The Balaban J connectivity index is 0.00000126. The fraction of sp³-hybridized carbons (Fsp3) is 0.280. The molecule has 0 bridgehead atoms. The lowest BCUT2D eigenvalue weighted by Crippen LogP contribution is -2.25. The fourth-order valence-corrected chi connectivity index (χ4v) is 2.99. The third kappa shape index (κ3) is 5.70. The van der Waals surface area contributed by atoms with E-state index in [-0.39, 0.29) is 0 Å². The highest BCUT2D eigenvalue weighted by atomic mass is 16.3. The van der Waals surface area contributed by atoms with Crippen LogP contribution < -0.4 is 4.90 Å². The molecule has 1 aliphatic rings. The van der Waals surface area contributed by atoms with Crippen molar-refractivity contribution in [3.8, 4) is 0 Å². The number of anilines is 1. The first-order valence-electron chi connectivity index (χ1n) is 9.70. The van der Waals surface area contributed by atoms with Crippen molar-refractivity contribution in [3.05, 3.63) is 103 Å². The van der Waals surface area contributed by atoms with E-state index in [0.29, 0.717) is 0 Å². The Morgan fingerprint density at radius 3 is 2.19 bits per heavy atom. The second-order valence-electron chi connectivity index (χ2n) is 6.60. The summed E-state index contributed by atoms with van der Waals surface area (Å²) in [6.45, 7) is 13.3. The number of benzene rings is 2. The van der Waals surface area contributed by atoms with Gasteiger partial charge in [-0.05, 0) is 41.7 Å². The first-order valence-corrected chi connectivity index (χ1v) is 9.70. The smallest absolute Gasteiger partial charge is 0.0899 e. The number of nitrogens with zero attached hydrogens (tertiary/aromatic N) is 1. The lowest BCUT2D eigenvalue weighted by Gasteiger charge is -2.26. The van der Waals surface area contributed by atoms with Gasteiger partial charge in [-0.15, -0.1) is 0 Å². The summed E-state index contributed by atoms with van der Waals surface area (Å²) in [5, 5.41) is 10.3. The quantitative estimate of drug-likeness (QED) is 0.583. The van der Waals surface area contributed by atoms with Crippen LogP contribution in [0, 0.1) is 0 Å². The normalized spacial score (nSPS) is 14.6. The van der Waals surface area contributed by atoms with Crippen LogP contribution in [0.15, 0.2) is 91.6 Å². The largest absolute Gasteiger partial charge is 0.385 e. The minimum absolute atomic E-state index is 0.586. The summed E-state index contributed by atoms with van der Waals surface area (Å²) in [6.07, 6.45) is 7.39. The predicted octanol–water partition coefficient (Wildman–Crippen LogP) is 6.00. The summed E-state index contributed by atoms with van der Waals surface area (Å²) in [5.74, 6) is 0. The van der Waals surface area contributed by atoms with Gasteiger partial charge in [-0.1, -0.05) is 87.7 Å². The fourth-order valence-electron chi connectivity index (χ4n) is 2.99. The van der Waals surface area contributed by atoms with Crippen LogP contribution in [0.5, 0.6) is 0 Å². The van der Waals surface area contributed by atoms with Gasteiger partial charge in [0.2, 0.25) is 0 Å². The maximum atomic E-state index is 10.3. The zero-order valence-corrected chi connectivity index (χ0v) is 16.6. The van der Waals surface area contributed by atoms with Gasteiger partial charge >= 0.3 is 0 Å². The first-order chi connectivity index (χ1) is 13.1. The second-order valence-corrected chi connectivity index (χ2v) is 6.60. The zero-order valence-electron chi connectivity index (χ0n) is 16.6. The number of hydrogen-bond acceptors (Lipinski definition) is 2. The van der Waals surface area contributed by atoms with Crippen molar-refractivity contribution in [2.45, 2.75) is 38.8 Å². The number of rotatable bonds is 8. The van der Waals surface area contributed by atoms with Gasteiger partial charge in [-0.2, -0.15) is 0 Å². The van der Waals surface area contributed by atoms with Gasteiger partial charge in [-0.3, -0.25) is 0 Å². The Hall–Kier alpha value is -2.58. The Morgan fingerprint density at radius 1 is 1.04 bits per heavy atom. The number of aliphatic hydroxyl groups is 1. The van der Waals surface area contributed by atoms with E-state index in [2.05, 4.69) is 54.5 Å². The standard InChI is InChI=1S/C23H25NO.C2H6/c1-3-8-19(4-2)17-24(18-20-9-6-5-7-10-20)22-13-11-21(12-14-22)23(25)15-16-23;1-2/h3-14,25H,1-2,15-18H2;1-2H3/b19-8+;. The molecule has 0 amide bonds. The average Bonchev–Trinajstić information content (AvgIpc) is 3.48. The van der Waals surface area contributed by atoms with Crippen LogP contribution in [0.2, 0.25) is 0 Å². The van der Waals surface area contributed by atoms with Gasteiger partial charge in [0.15, 0.2) is 0 Å². The highest BCUT2D eigenvalue weighted by Gasteiger charge is 2.41. The zero-order chi connectivity index (χ0) is 19.7. The van der Waals surface area contributed by atoms with Crippen LogP contribution in [0.4, 0.5) is 5.69 Å². The maximum Gasteiger partial charge on any atom is 0.0899 e. The summed E-state index contributed by atoms with van der Waals surface area (Å²) in [4.78, 5) is 2.31. The highest BCUT2D eigenvalue weighted by Crippen LogP contribution is 2.45. The van der Waals surface area contributed by atoms with Crippen molar-refractivity contribution in [2.75, 3.05) is 11.4 Å². The summed E-state index contributed by atoms with van der Waals surface area (Å²) in [6, 6.07) is 18.7. The summed E-state index contributed by atoms with van der Waals surface area (Å²) >= 11 is 0. The van der Waals surface area contributed by atoms with E-state index in [0.717, 1.165) is 42.8 Å². The summed E-state index contributed by atoms with van der Waals surface area (Å²) < 4.78 is 0.